The number of rotatable bonds is 6. The Bertz CT molecular complexity index is 927. The molecule has 2 aliphatic rings. The average molecular weight is 394 g/mol. The molecule has 4 nitrogen and oxygen atoms in total. The van der Waals surface area contributed by atoms with Crippen LogP contribution in [0, 0.1) is 24.6 Å². The molecule has 2 fully saturated rings. The van der Waals surface area contributed by atoms with Gasteiger partial charge in [0.1, 0.15) is 5.82 Å². The van der Waals surface area contributed by atoms with Gasteiger partial charge in [0.25, 0.3) is 0 Å². The minimum atomic E-state index is -0.268. The summed E-state index contributed by atoms with van der Waals surface area (Å²) in [6.07, 6.45) is 1.83. The van der Waals surface area contributed by atoms with Crippen molar-refractivity contribution in [2.24, 2.45) is 11.8 Å². The number of fused-ring (bicyclic) bond motifs is 1. The van der Waals surface area contributed by atoms with E-state index in [9.17, 15) is 14.0 Å². The summed E-state index contributed by atoms with van der Waals surface area (Å²) in [7, 11) is 0. The van der Waals surface area contributed by atoms with Gasteiger partial charge in [-0.05, 0) is 72.6 Å². The van der Waals surface area contributed by atoms with Crippen molar-refractivity contribution in [3.8, 4) is 11.1 Å². The van der Waals surface area contributed by atoms with E-state index in [1.54, 1.807) is 17.0 Å². The largest absolute Gasteiger partial charge is 0.335 e. The molecule has 1 heterocycles. The van der Waals surface area contributed by atoms with E-state index in [0.717, 1.165) is 35.1 Å². The zero-order valence-corrected chi connectivity index (χ0v) is 17.1. The minimum Gasteiger partial charge on any atom is -0.335 e. The smallest absolute Gasteiger partial charge is 0.242 e. The molecule has 4 atom stereocenters. The first-order valence-corrected chi connectivity index (χ1v) is 10.2. The molecule has 152 valence electrons. The number of aryl methyl sites for hydroxylation is 1. The van der Waals surface area contributed by atoms with Crippen LogP contribution in [0.25, 0.3) is 11.1 Å². The fourth-order valence-electron chi connectivity index (χ4n) is 4.82. The molecule has 0 aromatic heterocycles. The summed E-state index contributed by atoms with van der Waals surface area (Å²) in [4.78, 5) is 28.1. The van der Waals surface area contributed by atoms with Gasteiger partial charge in [0.05, 0.1) is 6.54 Å². The quantitative estimate of drug-likeness (QED) is 0.695. The molecule has 4 unspecified atom stereocenters. The maximum atomic E-state index is 13.2. The van der Waals surface area contributed by atoms with Crippen LogP contribution in [0.3, 0.4) is 0 Å². The predicted octanol–water partition coefficient (Wildman–Crippen LogP) is 4.01. The number of amides is 2. The van der Waals surface area contributed by atoms with Crippen LogP contribution in [0.5, 0.6) is 0 Å². The summed E-state index contributed by atoms with van der Waals surface area (Å²) in [5.74, 6) is 0.978. The second-order valence-electron chi connectivity index (χ2n) is 8.56. The van der Waals surface area contributed by atoms with Crippen LogP contribution in [-0.2, 0) is 16.1 Å². The van der Waals surface area contributed by atoms with E-state index >= 15 is 0 Å². The van der Waals surface area contributed by atoms with E-state index in [4.69, 9.17) is 0 Å². The number of benzene rings is 2. The highest BCUT2D eigenvalue weighted by Gasteiger charge is 2.58. The molecule has 1 aliphatic heterocycles. The Kier molecular flexibility index (Phi) is 5.15. The molecular formula is C24H27FN2O2. The molecule has 1 saturated carbocycles. The van der Waals surface area contributed by atoms with Gasteiger partial charge < -0.3 is 9.80 Å². The average Bonchev–Trinajstić information content (AvgIpc) is 3.15. The van der Waals surface area contributed by atoms with Gasteiger partial charge in [-0.25, -0.2) is 4.39 Å². The van der Waals surface area contributed by atoms with Gasteiger partial charge in [0.2, 0.25) is 12.3 Å². The summed E-state index contributed by atoms with van der Waals surface area (Å²) in [6, 6.07) is 13.0. The van der Waals surface area contributed by atoms with Crippen LogP contribution in [0.2, 0.25) is 0 Å². The lowest BCUT2D eigenvalue weighted by Crippen LogP contribution is -2.44. The Morgan fingerprint density at radius 2 is 1.86 bits per heavy atom. The maximum absolute atomic E-state index is 13.2. The summed E-state index contributed by atoms with van der Waals surface area (Å²) >= 11 is 0. The van der Waals surface area contributed by atoms with E-state index in [-0.39, 0.29) is 24.3 Å². The highest BCUT2D eigenvalue weighted by molar-refractivity contribution is 5.81. The number of halogens is 1. The Labute approximate surface area is 171 Å². The van der Waals surface area contributed by atoms with Crippen molar-refractivity contribution in [1.82, 2.24) is 9.80 Å². The molecule has 2 amide bonds. The summed E-state index contributed by atoms with van der Waals surface area (Å²) < 4.78 is 13.2. The maximum Gasteiger partial charge on any atom is 0.242 e. The molecule has 0 N–H and O–H groups in total. The molecule has 1 saturated heterocycles. The highest BCUT2D eigenvalue weighted by Crippen LogP contribution is 2.52. The van der Waals surface area contributed by atoms with Crippen LogP contribution in [0.15, 0.2) is 42.5 Å². The van der Waals surface area contributed by atoms with Crippen molar-refractivity contribution in [2.75, 3.05) is 6.54 Å². The van der Waals surface area contributed by atoms with Crippen molar-refractivity contribution in [3.63, 3.8) is 0 Å². The molecule has 2 aromatic rings. The predicted molar refractivity (Wildman–Crippen MR) is 110 cm³/mol. The Balaban J connectivity index is 1.48. The zero-order chi connectivity index (χ0) is 20.7. The van der Waals surface area contributed by atoms with E-state index in [2.05, 4.69) is 13.8 Å². The molecule has 1 aliphatic carbocycles. The molecule has 0 radical (unpaired) electrons. The van der Waals surface area contributed by atoms with Crippen LogP contribution in [0.1, 0.15) is 31.4 Å². The fourth-order valence-corrected chi connectivity index (χ4v) is 4.82. The second-order valence-corrected chi connectivity index (χ2v) is 8.56. The lowest BCUT2D eigenvalue weighted by molar-refractivity contribution is -0.137. The van der Waals surface area contributed by atoms with Gasteiger partial charge >= 0.3 is 0 Å². The van der Waals surface area contributed by atoms with Gasteiger partial charge in [-0.1, -0.05) is 31.2 Å². The standard InChI is InChI=1S/C24H27FN2O2/c1-15-4-5-19(18-6-8-21(25)9-7-18)11-20(15)12-26(14-28)13-23(29)27-16(2)10-22-17(3)24(22)27/h4-9,11,14,16-17,22,24H,10,12-13H2,1-3H3. The van der Waals surface area contributed by atoms with E-state index in [1.165, 1.54) is 12.1 Å². The first-order valence-electron chi connectivity index (χ1n) is 10.2. The number of hydrogen-bond donors (Lipinski definition) is 0. The number of hydrogen-bond acceptors (Lipinski definition) is 2. The van der Waals surface area contributed by atoms with Gasteiger partial charge in [0.15, 0.2) is 0 Å². The topological polar surface area (TPSA) is 40.6 Å². The number of carbonyl (C=O) groups is 2. The van der Waals surface area contributed by atoms with Crippen LogP contribution in [-0.4, -0.2) is 40.7 Å². The minimum absolute atomic E-state index is 0.0359. The third-order valence-corrected chi connectivity index (χ3v) is 6.60. The van der Waals surface area contributed by atoms with Crippen molar-refractivity contribution in [2.45, 2.75) is 45.8 Å². The molecule has 2 aromatic carbocycles. The third-order valence-electron chi connectivity index (χ3n) is 6.60. The van der Waals surface area contributed by atoms with Crippen molar-refractivity contribution < 1.29 is 14.0 Å². The van der Waals surface area contributed by atoms with Gasteiger partial charge in [-0.3, -0.25) is 9.59 Å². The van der Waals surface area contributed by atoms with E-state index < -0.39 is 0 Å². The van der Waals surface area contributed by atoms with Gasteiger partial charge in [0, 0.05) is 18.6 Å². The third kappa shape index (κ3) is 3.78. The molecule has 29 heavy (non-hydrogen) atoms. The monoisotopic (exact) mass is 394 g/mol. The molecule has 0 spiro atoms. The molecular weight excluding hydrogens is 367 g/mol. The van der Waals surface area contributed by atoms with E-state index in [1.807, 2.05) is 30.0 Å². The Morgan fingerprint density at radius 3 is 2.52 bits per heavy atom. The number of piperidine rings is 1. The molecule has 5 heteroatoms. The lowest BCUT2D eigenvalue weighted by Gasteiger charge is -2.28. The molecule has 0 bridgehead atoms. The molecule has 4 rings (SSSR count). The van der Waals surface area contributed by atoms with Crippen LogP contribution >= 0.6 is 0 Å². The van der Waals surface area contributed by atoms with Crippen molar-refractivity contribution in [1.29, 1.82) is 0 Å². The first kappa shape index (κ1) is 19.6. The van der Waals surface area contributed by atoms with Crippen LogP contribution in [0.4, 0.5) is 4.39 Å². The fraction of sp³-hybridized carbons (Fsp3) is 0.417. The summed E-state index contributed by atoms with van der Waals surface area (Å²) in [5.41, 5.74) is 3.92. The normalized spacial score (nSPS) is 24.9. The highest BCUT2D eigenvalue weighted by atomic mass is 19.1. The van der Waals surface area contributed by atoms with Crippen molar-refractivity contribution >= 4 is 12.3 Å². The van der Waals surface area contributed by atoms with Gasteiger partial charge in [-0.2, -0.15) is 0 Å². The Morgan fingerprint density at radius 1 is 1.17 bits per heavy atom. The first-order chi connectivity index (χ1) is 13.9. The van der Waals surface area contributed by atoms with Crippen molar-refractivity contribution in [3.05, 3.63) is 59.4 Å². The second kappa shape index (κ2) is 7.62. The number of likely N-dealkylation sites (tertiary alicyclic amines) is 1. The summed E-state index contributed by atoms with van der Waals surface area (Å²) in [5, 5.41) is 0. The lowest BCUT2D eigenvalue weighted by atomic mass is 9.99. The Hall–Kier alpha value is -2.69. The number of nitrogens with zero attached hydrogens (tertiary/aromatic N) is 2. The summed E-state index contributed by atoms with van der Waals surface area (Å²) in [6.45, 7) is 6.77. The van der Waals surface area contributed by atoms with Gasteiger partial charge in [-0.15, -0.1) is 0 Å². The SMILES string of the molecule is Cc1ccc(-c2ccc(F)cc2)cc1CN(C=O)CC(=O)N1C(C)CC2C(C)C21. The number of carbonyl (C=O) groups excluding carboxylic acids is 2. The van der Waals surface area contributed by atoms with Crippen LogP contribution < -0.4 is 0 Å². The van der Waals surface area contributed by atoms with E-state index in [0.29, 0.717) is 24.4 Å². The zero-order valence-electron chi connectivity index (χ0n) is 17.1.